The molecular weight excluding hydrogens is 332 g/mol. The molecular formula is C20H20N2O4. The number of para-hydroxylation sites is 1. The Kier molecular flexibility index (Phi) is 4.48. The summed E-state index contributed by atoms with van der Waals surface area (Å²) < 4.78 is 10.7. The largest absolute Gasteiger partial charge is 0.454 e. The van der Waals surface area contributed by atoms with Crippen LogP contribution < -0.4 is 14.4 Å². The van der Waals surface area contributed by atoms with E-state index >= 15 is 0 Å². The Morgan fingerprint density at radius 3 is 2.96 bits per heavy atom. The Morgan fingerprint density at radius 2 is 2.04 bits per heavy atom. The summed E-state index contributed by atoms with van der Waals surface area (Å²) in [5.41, 5.74) is 3.72. The lowest BCUT2D eigenvalue weighted by Gasteiger charge is -2.29. The zero-order valence-electron chi connectivity index (χ0n) is 14.6. The van der Waals surface area contributed by atoms with Crippen molar-refractivity contribution in [2.75, 3.05) is 24.8 Å². The maximum absolute atomic E-state index is 12.5. The summed E-state index contributed by atoms with van der Waals surface area (Å²) in [6.07, 6.45) is 1.96. The molecule has 0 N–H and O–H groups in total. The first-order chi connectivity index (χ1) is 12.7. The summed E-state index contributed by atoms with van der Waals surface area (Å²) in [5, 5.41) is 4.08. The van der Waals surface area contributed by atoms with Gasteiger partial charge in [-0.05, 0) is 49.6 Å². The number of oxime groups is 1. The van der Waals surface area contributed by atoms with E-state index in [2.05, 4.69) is 11.2 Å². The Labute approximate surface area is 152 Å². The van der Waals surface area contributed by atoms with Gasteiger partial charge in [-0.3, -0.25) is 4.79 Å². The number of carbonyl (C=O) groups excluding carboxylic acids is 1. The van der Waals surface area contributed by atoms with Crippen molar-refractivity contribution in [3.63, 3.8) is 0 Å². The molecule has 2 aliphatic rings. The number of anilines is 1. The highest BCUT2D eigenvalue weighted by atomic mass is 16.7. The van der Waals surface area contributed by atoms with Gasteiger partial charge in [0.25, 0.3) is 5.91 Å². The zero-order valence-corrected chi connectivity index (χ0v) is 14.6. The van der Waals surface area contributed by atoms with Crippen molar-refractivity contribution in [2.45, 2.75) is 19.8 Å². The minimum atomic E-state index is -0.0871. The smallest absolute Gasteiger partial charge is 0.267 e. The van der Waals surface area contributed by atoms with Crippen LogP contribution in [0.15, 0.2) is 47.6 Å². The number of nitrogens with zero attached hydrogens (tertiary/aromatic N) is 2. The van der Waals surface area contributed by atoms with Gasteiger partial charge in [-0.25, -0.2) is 0 Å². The van der Waals surface area contributed by atoms with Crippen molar-refractivity contribution in [3.05, 3.63) is 53.6 Å². The van der Waals surface area contributed by atoms with Gasteiger partial charge in [0.2, 0.25) is 6.79 Å². The van der Waals surface area contributed by atoms with Crippen LogP contribution in [0.3, 0.4) is 0 Å². The molecule has 6 heteroatoms. The molecule has 4 rings (SSSR count). The summed E-state index contributed by atoms with van der Waals surface area (Å²) >= 11 is 0. The lowest BCUT2D eigenvalue weighted by molar-refractivity contribution is -0.123. The number of ether oxygens (including phenoxy) is 2. The first kappa shape index (κ1) is 16.4. The van der Waals surface area contributed by atoms with E-state index in [9.17, 15) is 4.79 Å². The van der Waals surface area contributed by atoms with E-state index in [0.29, 0.717) is 18.0 Å². The third-order valence-corrected chi connectivity index (χ3v) is 4.59. The number of hydrogen-bond donors (Lipinski definition) is 0. The van der Waals surface area contributed by atoms with E-state index in [1.54, 1.807) is 4.90 Å². The van der Waals surface area contributed by atoms with Crippen LogP contribution in [0.4, 0.5) is 5.69 Å². The molecule has 134 valence electrons. The van der Waals surface area contributed by atoms with E-state index in [-0.39, 0.29) is 19.3 Å². The van der Waals surface area contributed by atoms with Gasteiger partial charge in [0.15, 0.2) is 18.1 Å². The number of amides is 1. The summed E-state index contributed by atoms with van der Waals surface area (Å²) in [6, 6.07) is 13.6. The first-order valence-electron chi connectivity index (χ1n) is 8.67. The van der Waals surface area contributed by atoms with Crippen molar-refractivity contribution < 1.29 is 19.1 Å². The van der Waals surface area contributed by atoms with Crippen LogP contribution >= 0.6 is 0 Å². The standard InChI is InChI=1S/C20H20N2O4/c1-14(16-8-9-18-19(11-16)25-13-24-18)21-26-12-20(23)22-10-4-6-15-5-2-3-7-17(15)22/h2-3,5,7-9,11H,4,6,10,12-13H2,1H3/b21-14+. The van der Waals surface area contributed by atoms with Gasteiger partial charge in [-0.2, -0.15) is 0 Å². The number of benzene rings is 2. The molecule has 2 aliphatic heterocycles. The van der Waals surface area contributed by atoms with Crippen LogP contribution in [-0.4, -0.2) is 31.6 Å². The highest BCUT2D eigenvalue weighted by Gasteiger charge is 2.22. The second-order valence-corrected chi connectivity index (χ2v) is 6.30. The molecule has 1 amide bonds. The monoisotopic (exact) mass is 352 g/mol. The van der Waals surface area contributed by atoms with Gasteiger partial charge in [-0.15, -0.1) is 0 Å². The van der Waals surface area contributed by atoms with Crippen molar-refractivity contribution in [2.24, 2.45) is 5.16 Å². The molecule has 0 aromatic heterocycles. The number of rotatable bonds is 4. The molecule has 2 aromatic rings. The van der Waals surface area contributed by atoms with Gasteiger partial charge in [0.05, 0.1) is 5.71 Å². The Bertz CT molecular complexity index is 863. The Balaban J connectivity index is 1.40. The number of aryl methyl sites for hydroxylation is 1. The molecule has 2 aromatic carbocycles. The quantitative estimate of drug-likeness (QED) is 0.626. The third-order valence-electron chi connectivity index (χ3n) is 4.59. The maximum atomic E-state index is 12.5. The summed E-state index contributed by atoms with van der Waals surface area (Å²) in [6.45, 7) is 2.69. The molecule has 0 saturated carbocycles. The molecule has 0 spiro atoms. The SMILES string of the molecule is C/C(=N\OCC(=O)N1CCCc2ccccc21)c1ccc2c(c1)OCO2. The average Bonchev–Trinajstić information content (AvgIpc) is 3.15. The van der Waals surface area contributed by atoms with Crippen LogP contribution in [0, 0.1) is 0 Å². The summed E-state index contributed by atoms with van der Waals surface area (Å²) in [7, 11) is 0. The van der Waals surface area contributed by atoms with E-state index in [1.807, 2.05) is 43.3 Å². The van der Waals surface area contributed by atoms with Gasteiger partial charge in [-0.1, -0.05) is 23.4 Å². The van der Waals surface area contributed by atoms with Crippen LogP contribution in [0.25, 0.3) is 0 Å². The summed E-state index contributed by atoms with van der Waals surface area (Å²) in [4.78, 5) is 19.6. The van der Waals surface area contributed by atoms with Gasteiger partial charge >= 0.3 is 0 Å². The third kappa shape index (κ3) is 3.22. The fraction of sp³-hybridized carbons (Fsp3) is 0.300. The van der Waals surface area contributed by atoms with Crippen molar-refractivity contribution >= 4 is 17.3 Å². The molecule has 0 unspecified atom stereocenters. The summed E-state index contributed by atoms with van der Waals surface area (Å²) in [5.74, 6) is 1.33. The molecule has 26 heavy (non-hydrogen) atoms. The molecule has 0 radical (unpaired) electrons. The number of fused-ring (bicyclic) bond motifs is 2. The first-order valence-corrected chi connectivity index (χ1v) is 8.67. The van der Waals surface area contributed by atoms with Crippen LogP contribution in [0.1, 0.15) is 24.5 Å². The van der Waals surface area contributed by atoms with Gasteiger partial charge in [0.1, 0.15) is 0 Å². The van der Waals surface area contributed by atoms with Crippen LogP contribution in [0.5, 0.6) is 11.5 Å². The van der Waals surface area contributed by atoms with Gasteiger partial charge in [0, 0.05) is 17.8 Å². The molecule has 0 aliphatic carbocycles. The minimum absolute atomic E-state index is 0.0839. The van der Waals surface area contributed by atoms with Gasteiger partial charge < -0.3 is 19.2 Å². The van der Waals surface area contributed by atoms with Crippen molar-refractivity contribution in [3.8, 4) is 11.5 Å². The number of carbonyl (C=O) groups is 1. The highest BCUT2D eigenvalue weighted by molar-refractivity contribution is 5.99. The molecule has 6 nitrogen and oxygen atoms in total. The van der Waals surface area contributed by atoms with E-state index in [1.165, 1.54) is 5.56 Å². The Morgan fingerprint density at radius 1 is 1.19 bits per heavy atom. The lowest BCUT2D eigenvalue weighted by Crippen LogP contribution is -2.37. The molecule has 0 bridgehead atoms. The topological polar surface area (TPSA) is 60.4 Å². The molecule has 0 saturated heterocycles. The molecule has 0 atom stereocenters. The number of hydrogen-bond acceptors (Lipinski definition) is 5. The predicted octanol–water partition coefficient (Wildman–Crippen LogP) is 3.14. The second kappa shape index (κ2) is 7.07. The second-order valence-electron chi connectivity index (χ2n) is 6.30. The van der Waals surface area contributed by atoms with E-state index in [4.69, 9.17) is 14.3 Å². The predicted molar refractivity (Wildman–Crippen MR) is 97.8 cm³/mol. The molecule has 2 heterocycles. The van der Waals surface area contributed by atoms with Crippen LogP contribution in [-0.2, 0) is 16.1 Å². The average molecular weight is 352 g/mol. The van der Waals surface area contributed by atoms with E-state index < -0.39 is 0 Å². The zero-order chi connectivity index (χ0) is 17.9. The highest BCUT2D eigenvalue weighted by Crippen LogP contribution is 2.32. The van der Waals surface area contributed by atoms with Crippen LogP contribution in [0.2, 0.25) is 0 Å². The molecule has 0 fully saturated rings. The fourth-order valence-electron chi connectivity index (χ4n) is 3.23. The van der Waals surface area contributed by atoms with Crippen molar-refractivity contribution in [1.29, 1.82) is 0 Å². The van der Waals surface area contributed by atoms with E-state index in [0.717, 1.165) is 29.8 Å². The maximum Gasteiger partial charge on any atom is 0.267 e. The lowest BCUT2D eigenvalue weighted by atomic mass is 10.0. The normalized spacial score (nSPS) is 15.6. The Hall–Kier alpha value is -3.02. The fourth-order valence-corrected chi connectivity index (χ4v) is 3.23. The van der Waals surface area contributed by atoms with Crippen molar-refractivity contribution in [1.82, 2.24) is 0 Å². The minimum Gasteiger partial charge on any atom is -0.454 e.